The van der Waals surface area contributed by atoms with Gasteiger partial charge in [-0.1, -0.05) is 0 Å². The normalized spacial score (nSPS) is 18.9. The molecule has 114 valence electrons. The second-order valence-electron chi connectivity index (χ2n) is 5.71. The van der Waals surface area contributed by atoms with Crippen LogP contribution in [0.25, 0.3) is 0 Å². The minimum absolute atomic E-state index is 0.0215. The van der Waals surface area contributed by atoms with Gasteiger partial charge in [-0.15, -0.1) is 0 Å². The molecule has 0 saturated carbocycles. The smallest absolute Gasteiger partial charge is 0.325 e. The standard InChI is InChI=1S/C13H23N3O4/c1-5-20-11(18)7-14-12(19)15-9-6-10(17)16(8-9)13(2,3)4/h9H,5-8H2,1-4H3,(H2,14,15,19). The topological polar surface area (TPSA) is 87.7 Å². The van der Waals surface area contributed by atoms with Gasteiger partial charge in [0.15, 0.2) is 0 Å². The number of nitrogens with one attached hydrogen (secondary N) is 2. The number of likely N-dealkylation sites (tertiary alicyclic amines) is 1. The number of hydrogen-bond acceptors (Lipinski definition) is 4. The highest BCUT2D eigenvalue weighted by molar-refractivity contribution is 5.83. The van der Waals surface area contributed by atoms with Crippen LogP contribution in [0.2, 0.25) is 0 Å². The van der Waals surface area contributed by atoms with E-state index in [1.807, 2.05) is 20.8 Å². The van der Waals surface area contributed by atoms with Crippen LogP contribution >= 0.6 is 0 Å². The van der Waals surface area contributed by atoms with Gasteiger partial charge in [0, 0.05) is 18.5 Å². The van der Waals surface area contributed by atoms with E-state index in [4.69, 9.17) is 4.74 Å². The van der Waals surface area contributed by atoms with Gasteiger partial charge in [-0.05, 0) is 27.7 Å². The fourth-order valence-corrected chi connectivity index (χ4v) is 2.05. The largest absolute Gasteiger partial charge is 0.465 e. The Morgan fingerprint density at radius 3 is 2.55 bits per heavy atom. The lowest BCUT2D eigenvalue weighted by Gasteiger charge is -2.32. The summed E-state index contributed by atoms with van der Waals surface area (Å²) in [6, 6.07) is -0.699. The molecule has 0 radical (unpaired) electrons. The quantitative estimate of drug-likeness (QED) is 0.725. The molecule has 1 unspecified atom stereocenters. The van der Waals surface area contributed by atoms with E-state index in [2.05, 4.69) is 10.6 Å². The van der Waals surface area contributed by atoms with Crippen LogP contribution in [0.5, 0.6) is 0 Å². The molecule has 1 heterocycles. The summed E-state index contributed by atoms with van der Waals surface area (Å²) in [7, 11) is 0. The number of carbonyl (C=O) groups excluding carboxylic acids is 3. The third kappa shape index (κ3) is 4.71. The van der Waals surface area contributed by atoms with Crippen LogP contribution in [-0.4, -0.2) is 54.1 Å². The maximum absolute atomic E-state index is 11.8. The van der Waals surface area contributed by atoms with Crippen molar-refractivity contribution in [2.24, 2.45) is 0 Å². The van der Waals surface area contributed by atoms with Crippen LogP contribution in [0, 0.1) is 0 Å². The number of hydrogen-bond donors (Lipinski definition) is 2. The SMILES string of the molecule is CCOC(=O)CNC(=O)NC1CC(=O)N(C(C)(C)C)C1. The van der Waals surface area contributed by atoms with Crippen molar-refractivity contribution in [2.45, 2.75) is 45.7 Å². The van der Waals surface area contributed by atoms with Crippen molar-refractivity contribution in [3.05, 3.63) is 0 Å². The molecule has 1 saturated heterocycles. The summed E-state index contributed by atoms with van der Waals surface area (Å²) in [5.74, 6) is -0.463. The average Bonchev–Trinajstić information content (AvgIpc) is 2.68. The zero-order valence-electron chi connectivity index (χ0n) is 12.5. The van der Waals surface area contributed by atoms with Gasteiger partial charge in [-0.3, -0.25) is 9.59 Å². The number of urea groups is 1. The second-order valence-corrected chi connectivity index (χ2v) is 5.71. The van der Waals surface area contributed by atoms with Crippen LogP contribution in [0.15, 0.2) is 0 Å². The molecule has 1 rings (SSSR count). The molecule has 0 aromatic heterocycles. The van der Waals surface area contributed by atoms with Crippen molar-refractivity contribution in [1.82, 2.24) is 15.5 Å². The van der Waals surface area contributed by atoms with Gasteiger partial charge in [0.2, 0.25) is 5.91 Å². The van der Waals surface area contributed by atoms with E-state index in [0.29, 0.717) is 6.54 Å². The van der Waals surface area contributed by atoms with Gasteiger partial charge in [-0.25, -0.2) is 4.79 Å². The summed E-state index contributed by atoms with van der Waals surface area (Å²) in [4.78, 5) is 36.3. The van der Waals surface area contributed by atoms with E-state index < -0.39 is 12.0 Å². The number of rotatable bonds is 4. The first kappa shape index (κ1) is 16.3. The Hall–Kier alpha value is -1.79. The maximum Gasteiger partial charge on any atom is 0.325 e. The van der Waals surface area contributed by atoms with Crippen molar-refractivity contribution >= 4 is 17.9 Å². The van der Waals surface area contributed by atoms with Crippen molar-refractivity contribution < 1.29 is 19.1 Å². The Balaban J connectivity index is 2.37. The maximum atomic E-state index is 11.8. The van der Waals surface area contributed by atoms with Gasteiger partial charge in [0.25, 0.3) is 0 Å². The molecule has 1 aliphatic rings. The summed E-state index contributed by atoms with van der Waals surface area (Å²) in [6.07, 6.45) is 0.282. The van der Waals surface area contributed by atoms with Crippen LogP contribution in [-0.2, 0) is 14.3 Å². The second kappa shape index (κ2) is 6.58. The molecule has 7 heteroatoms. The van der Waals surface area contributed by atoms with E-state index in [1.54, 1.807) is 11.8 Å². The third-order valence-corrected chi connectivity index (χ3v) is 2.97. The molecule has 1 fully saturated rings. The van der Waals surface area contributed by atoms with Crippen LogP contribution in [0.3, 0.4) is 0 Å². The molecule has 1 aliphatic heterocycles. The Morgan fingerprint density at radius 2 is 2.05 bits per heavy atom. The predicted octanol–water partition coefficient (Wildman–Crippen LogP) is 0.248. The monoisotopic (exact) mass is 285 g/mol. The number of nitrogens with zero attached hydrogens (tertiary/aromatic N) is 1. The van der Waals surface area contributed by atoms with Gasteiger partial charge >= 0.3 is 12.0 Å². The van der Waals surface area contributed by atoms with Crippen molar-refractivity contribution in [1.29, 1.82) is 0 Å². The molecule has 3 amide bonds. The molecule has 0 aromatic rings. The first-order valence-electron chi connectivity index (χ1n) is 6.74. The first-order chi connectivity index (χ1) is 9.24. The van der Waals surface area contributed by atoms with Crippen LogP contribution in [0.1, 0.15) is 34.1 Å². The van der Waals surface area contributed by atoms with E-state index in [9.17, 15) is 14.4 Å². The zero-order valence-corrected chi connectivity index (χ0v) is 12.5. The number of amides is 3. The molecule has 0 spiro atoms. The van der Waals surface area contributed by atoms with E-state index in [0.717, 1.165) is 0 Å². The molecule has 0 aliphatic carbocycles. The lowest BCUT2D eigenvalue weighted by Crippen LogP contribution is -2.47. The minimum atomic E-state index is -0.485. The van der Waals surface area contributed by atoms with Gasteiger partial charge in [-0.2, -0.15) is 0 Å². The van der Waals surface area contributed by atoms with E-state index >= 15 is 0 Å². The molecule has 1 atom stereocenters. The van der Waals surface area contributed by atoms with Crippen molar-refractivity contribution in [3.8, 4) is 0 Å². The Bertz CT molecular complexity index is 390. The summed E-state index contributed by atoms with van der Waals surface area (Å²) in [5, 5.41) is 5.10. The minimum Gasteiger partial charge on any atom is -0.465 e. The van der Waals surface area contributed by atoms with E-state index in [1.165, 1.54) is 0 Å². The van der Waals surface area contributed by atoms with Crippen molar-refractivity contribution in [2.75, 3.05) is 19.7 Å². The highest BCUT2D eigenvalue weighted by Gasteiger charge is 2.36. The van der Waals surface area contributed by atoms with Crippen molar-refractivity contribution in [3.63, 3.8) is 0 Å². The Morgan fingerprint density at radius 1 is 1.40 bits per heavy atom. The zero-order chi connectivity index (χ0) is 15.3. The number of ether oxygens (including phenoxy) is 1. The van der Waals surface area contributed by atoms with E-state index in [-0.39, 0.29) is 37.1 Å². The van der Waals surface area contributed by atoms with Gasteiger partial charge in [0.05, 0.1) is 12.6 Å². The molecule has 0 bridgehead atoms. The van der Waals surface area contributed by atoms with Gasteiger partial charge in [0.1, 0.15) is 6.54 Å². The van der Waals surface area contributed by atoms with Gasteiger partial charge < -0.3 is 20.3 Å². The number of esters is 1. The van der Waals surface area contributed by atoms with Crippen LogP contribution < -0.4 is 10.6 Å². The summed E-state index contributed by atoms with van der Waals surface area (Å²) in [5.41, 5.74) is -0.255. The fourth-order valence-electron chi connectivity index (χ4n) is 2.05. The third-order valence-electron chi connectivity index (χ3n) is 2.97. The molecule has 7 nitrogen and oxygen atoms in total. The predicted molar refractivity (Wildman–Crippen MR) is 73.0 cm³/mol. The molecular formula is C13H23N3O4. The lowest BCUT2D eigenvalue weighted by atomic mass is 10.1. The summed E-state index contributed by atoms with van der Waals surface area (Å²) in [6.45, 7) is 8.14. The Labute approximate surface area is 119 Å². The summed E-state index contributed by atoms with van der Waals surface area (Å²) < 4.78 is 4.70. The summed E-state index contributed by atoms with van der Waals surface area (Å²) >= 11 is 0. The molecule has 0 aromatic carbocycles. The fraction of sp³-hybridized carbons (Fsp3) is 0.769. The average molecular weight is 285 g/mol. The number of carbonyl (C=O) groups is 3. The molecule has 20 heavy (non-hydrogen) atoms. The highest BCUT2D eigenvalue weighted by Crippen LogP contribution is 2.21. The van der Waals surface area contributed by atoms with Crippen LogP contribution in [0.4, 0.5) is 4.79 Å². The molecule has 2 N–H and O–H groups in total. The Kier molecular flexibility index (Phi) is 5.35. The lowest BCUT2D eigenvalue weighted by molar-refractivity contribution is -0.141. The molecular weight excluding hydrogens is 262 g/mol. The first-order valence-corrected chi connectivity index (χ1v) is 6.74. The highest BCUT2D eigenvalue weighted by atomic mass is 16.5.